The number of alkyl halides is 3. The number of esters is 1. The minimum Gasteiger partial charge on any atom is -0.461 e. The van der Waals surface area contributed by atoms with E-state index in [0.29, 0.717) is 24.1 Å². The molecule has 0 spiro atoms. The van der Waals surface area contributed by atoms with Gasteiger partial charge in [-0.3, -0.25) is 34.2 Å². The van der Waals surface area contributed by atoms with E-state index in [2.05, 4.69) is 33.9 Å². The van der Waals surface area contributed by atoms with E-state index in [-0.39, 0.29) is 57.7 Å². The Kier molecular flexibility index (Phi) is 16.1. The number of nitrogens with zero attached hydrogens (tertiary/aromatic N) is 1. The number of hydrogen-bond acceptors (Lipinski definition) is 9. The molecule has 13 nitrogen and oxygen atoms in total. The van der Waals surface area contributed by atoms with Gasteiger partial charge in [0, 0.05) is 32.1 Å². The predicted molar refractivity (Wildman–Crippen MR) is 173 cm³/mol. The number of urea groups is 1. The molecule has 1 aliphatic rings. The van der Waals surface area contributed by atoms with Gasteiger partial charge in [-0.05, 0) is 49.3 Å². The molecule has 1 fully saturated rings. The fourth-order valence-corrected chi connectivity index (χ4v) is 5.27. The molecule has 48 heavy (non-hydrogen) atoms. The van der Waals surface area contributed by atoms with Crippen LogP contribution in [0.5, 0.6) is 0 Å². The average Bonchev–Trinajstić information content (AvgIpc) is 3.24. The molecule has 1 heterocycles. The number of carbonyl (C=O) groups is 6. The van der Waals surface area contributed by atoms with Gasteiger partial charge in [0.1, 0.15) is 18.7 Å². The number of primary amides is 1. The zero-order valence-corrected chi connectivity index (χ0v) is 28.1. The summed E-state index contributed by atoms with van der Waals surface area (Å²) >= 11 is 4.06. The van der Waals surface area contributed by atoms with Crippen molar-refractivity contribution in [1.29, 1.82) is 0 Å². The normalized spacial score (nSPS) is 16.8. The second kappa shape index (κ2) is 19.2. The van der Waals surface area contributed by atoms with E-state index in [9.17, 15) is 41.9 Å². The Morgan fingerprint density at radius 3 is 2.23 bits per heavy atom. The van der Waals surface area contributed by atoms with E-state index in [1.807, 2.05) is 0 Å². The number of unbranched alkanes of at least 4 members (excludes halogenated alkanes) is 2. The standard InChI is InChI=1S/C31H45F3N6O7S/c1-18(2)26(39-24(31(32,33)34)9-5-4-6-15-40-25(42)16-23(48)29(40)45)28(44)38-22(8-7-14-36-30(35)46)27(43)37-21-12-10-20(11-13-21)17-47-19(3)41/h10-13,18,22-24,26,39,48H,4-9,14-17H2,1-3H3,(H,37,43)(H,38,44)(H3,35,36,46)/t22-,23?,24+,26-/m0/s1. The highest BCUT2D eigenvalue weighted by atomic mass is 32.1. The summed E-state index contributed by atoms with van der Waals surface area (Å²) in [7, 11) is 0. The maximum Gasteiger partial charge on any atom is 0.403 e. The molecule has 268 valence electrons. The van der Waals surface area contributed by atoms with Gasteiger partial charge in [0.15, 0.2) is 0 Å². The summed E-state index contributed by atoms with van der Waals surface area (Å²) in [5.74, 6) is -3.26. The van der Waals surface area contributed by atoms with Crippen LogP contribution in [0.4, 0.5) is 23.7 Å². The van der Waals surface area contributed by atoms with E-state index in [1.165, 1.54) is 6.92 Å². The Labute approximate surface area is 283 Å². The lowest BCUT2D eigenvalue weighted by atomic mass is 9.99. The monoisotopic (exact) mass is 702 g/mol. The van der Waals surface area contributed by atoms with Crippen molar-refractivity contribution in [3.8, 4) is 0 Å². The summed E-state index contributed by atoms with van der Waals surface area (Å²) in [6.45, 7) is 4.66. The molecule has 0 saturated carbocycles. The summed E-state index contributed by atoms with van der Waals surface area (Å²) < 4.78 is 47.2. The van der Waals surface area contributed by atoms with Crippen LogP contribution in [0.1, 0.15) is 71.3 Å². The lowest BCUT2D eigenvalue weighted by Gasteiger charge is -2.30. The first kappa shape index (κ1) is 40.3. The zero-order chi connectivity index (χ0) is 36.0. The molecule has 1 unspecified atom stereocenters. The topological polar surface area (TPSA) is 189 Å². The molecule has 4 atom stereocenters. The van der Waals surface area contributed by atoms with Gasteiger partial charge in [0.05, 0.1) is 11.3 Å². The van der Waals surface area contributed by atoms with Crippen molar-refractivity contribution in [3.63, 3.8) is 0 Å². The Morgan fingerprint density at radius 2 is 1.69 bits per heavy atom. The quantitative estimate of drug-likeness (QED) is 0.0549. The molecular formula is C31H45F3N6O7S. The number of halogens is 3. The lowest BCUT2D eigenvalue weighted by molar-refractivity contribution is -0.161. The first-order valence-corrected chi connectivity index (χ1v) is 16.2. The number of thiol groups is 1. The molecule has 2 rings (SSSR count). The van der Waals surface area contributed by atoms with E-state index < -0.39 is 65.2 Å². The molecule has 6 N–H and O–H groups in total. The van der Waals surface area contributed by atoms with Crippen molar-refractivity contribution in [2.24, 2.45) is 11.7 Å². The van der Waals surface area contributed by atoms with Gasteiger partial charge in [-0.25, -0.2) is 4.79 Å². The summed E-state index contributed by atoms with van der Waals surface area (Å²) in [6, 6.07) is 1.08. The Hall–Kier alpha value is -3.86. The van der Waals surface area contributed by atoms with Crippen LogP contribution in [0.3, 0.4) is 0 Å². The maximum absolute atomic E-state index is 14.1. The second-order valence-corrected chi connectivity index (χ2v) is 12.5. The number of anilines is 1. The minimum atomic E-state index is -4.69. The van der Waals surface area contributed by atoms with Crippen molar-refractivity contribution >= 4 is 53.9 Å². The van der Waals surface area contributed by atoms with Crippen LogP contribution >= 0.6 is 12.6 Å². The molecular weight excluding hydrogens is 657 g/mol. The molecule has 0 radical (unpaired) electrons. The number of rotatable bonds is 19. The first-order valence-electron chi connectivity index (χ1n) is 15.7. The lowest BCUT2D eigenvalue weighted by Crippen LogP contribution is -2.58. The highest BCUT2D eigenvalue weighted by molar-refractivity contribution is 7.81. The third kappa shape index (κ3) is 13.7. The molecule has 6 amide bonds. The maximum atomic E-state index is 14.1. The van der Waals surface area contributed by atoms with Crippen LogP contribution in [0.15, 0.2) is 24.3 Å². The number of imide groups is 1. The molecule has 1 aromatic carbocycles. The minimum absolute atomic E-state index is 0.000437. The van der Waals surface area contributed by atoms with Crippen LogP contribution in [0, 0.1) is 5.92 Å². The zero-order valence-electron chi connectivity index (χ0n) is 27.2. The van der Waals surface area contributed by atoms with Gasteiger partial charge >= 0.3 is 18.2 Å². The SMILES string of the molecule is CC(=O)OCc1ccc(NC(=O)[C@H](CCCNC(N)=O)NC(=O)[C@@H](N[C@H](CCCCCN2C(=O)CC(S)C2=O)C(F)(F)F)C(C)C)cc1. The number of likely N-dealkylation sites (tertiary alicyclic amines) is 1. The van der Waals surface area contributed by atoms with Gasteiger partial charge < -0.3 is 26.4 Å². The third-order valence-corrected chi connectivity index (χ3v) is 7.99. The fourth-order valence-electron chi connectivity index (χ4n) is 4.97. The Morgan fingerprint density at radius 1 is 1.02 bits per heavy atom. The summed E-state index contributed by atoms with van der Waals surface area (Å²) in [5, 5.41) is 9.37. The van der Waals surface area contributed by atoms with Gasteiger partial charge in [-0.1, -0.05) is 38.8 Å². The number of hydrogen-bond donors (Lipinski definition) is 6. The molecule has 1 saturated heterocycles. The highest BCUT2D eigenvalue weighted by Gasteiger charge is 2.42. The number of carbonyl (C=O) groups excluding carboxylic acids is 6. The Balaban J connectivity index is 2.06. The van der Waals surface area contributed by atoms with Crippen LogP contribution in [0.25, 0.3) is 0 Å². The Bertz CT molecular complexity index is 1280. The van der Waals surface area contributed by atoms with Crippen molar-refractivity contribution in [1.82, 2.24) is 20.9 Å². The second-order valence-electron chi connectivity index (χ2n) is 11.9. The van der Waals surface area contributed by atoms with E-state index >= 15 is 0 Å². The van der Waals surface area contributed by atoms with Crippen LogP contribution in [-0.2, 0) is 35.3 Å². The summed E-state index contributed by atoms with van der Waals surface area (Å²) in [6.07, 6.45) is -4.04. The van der Waals surface area contributed by atoms with Crippen molar-refractivity contribution < 1.29 is 46.7 Å². The number of ether oxygens (including phenoxy) is 1. The molecule has 0 aliphatic carbocycles. The molecule has 1 aliphatic heterocycles. The summed E-state index contributed by atoms with van der Waals surface area (Å²) in [5.41, 5.74) is 6.12. The largest absolute Gasteiger partial charge is 0.461 e. The fraction of sp³-hybridized carbons (Fsp3) is 0.613. The molecule has 0 bridgehead atoms. The van der Waals surface area contributed by atoms with E-state index in [4.69, 9.17) is 10.5 Å². The number of benzene rings is 1. The van der Waals surface area contributed by atoms with Gasteiger partial charge in [0.2, 0.25) is 23.6 Å². The number of nitrogens with one attached hydrogen (secondary N) is 4. The molecule has 17 heteroatoms. The van der Waals surface area contributed by atoms with Crippen molar-refractivity contribution in [3.05, 3.63) is 29.8 Å². The van der Waals surface area contributed by atoms with Crippen molar-refractivity contribution in [2.75, 3.05) is 18.4 Å². The van der Waals surface area contributed by atoms with Crippen LogP contribution in [-0.4, -0.2) is 83.2 Å². The van der Waals surface area contributed by atoms with Gasteiger partial charge in [0.25, 0.3) is 0 Å². The third-order valence-electron chi connectivity index (χ3n) is 7.58. The van der Waals surface area contributed by atoms with Crippen LogP contribution in [0.2, 0.25) is 0 Å². The van der Waals surface area contributed by atoms with E-state index in [1.54, 1.807) is 38.1 Å². The highest BCUT2D eigenvalue weighted by Crippen LogP contribution is 2.26. The molecule has 0 aromatic heterocycles. The van der Waals surface area contributed by atoms with E-state index in [0.717, 1.165) is 4.90 Å². The smallest absolute Gasteiger partial charge is 0.403 e. The predicted octanol–water partition coefficient (Wildman–Crippen LogP) is 2.78. The number of amides is 6. The number of nitrogens with two attached hydrogens (primary N) is 1. The first-order chi connectivity index (χ1) is 22.5. The molecule has 1 aromatic rings. The van der Waals surface area contributed by atoms with Crippen molar-refractivity contribution in [2.45, 2.75) is 102 Å². The van der Waals surface area contributed by atoms with Crippen LogP contribution < -0.4 is 27.0 Å². The van der Waals surface area contributed by atoms with Gasteiger partial charge in [-0.2, -0.15) is 25.8 Å². The average molecular weight is 703 g/mol. The summed E-state index contributed by atoms with van der Waals surface area (Å²) in [4.78, 5) is 73.8. The van der Waals surface area contributed by atoms with Gasteiger partial charge in [-0.15, -0.1) is 0 Å².